The third-order valence-electron chi connectivity index (χ3n) is 3.57. The van der Waals surface area contributed by atoms with Crippen LogP contribution in [0.15, 0.2) is 41.4 Å². The second-order valence-corrected chi connectivity index (χ2v) is 6.94. The molecule has 0 saturated heterocycles. The van der Waals surface area contributed by atoms with Crippen molar-refractivity contribution in [3.8, 4) is 5.75 Å². The molecule has 0 aliphatic carbocycles. The van der Waals surface area contributed by atoms with Crippen molar-refractivity contribution in [1.82, 2.24) is 14.4 Å². The largest absolute Gasteiger partial charge is 0.497 e. The molecule has 0 spiro atoms. The first-order valence-corrected chi connectivity index (χ1v) is 8.75. The molecular formula is C16H11Cl2N5OS. The molecule has 126 valence electrons. The number of nitrogens with zero attached hydrogens (tertiary/aromatic N) is 4. The maximum atomic E-state index is 6.23. The van der Waals surface area contributed by atoms with Crippen LogP contribution in [0.25, 0.3) is 15.2 Å². The fraction of sp³-hybridized carbons (Fsp3) is 0.0625. The quantitative estimate of drug-likeness (QED) is 0.558. The molecule has 2 aromatic carbocycles. The first-order chi connectivity index (χ1) is 12.1. The van der Waals surface area contributed by atoms with E-state index in [0.29, 0.717) is 26.3 Å². The van der Waals surface area contributed by atoms with E-state index in [1.807, 2.05) is 22.6 Å². The van der Waals surface area contributed by atoms with Crippen molar-refractivity contribution in [1.29, 1.82) is 0 Å². The van der Waals surface area contributed by atoms with E-state index in [9.17, 15) is 0 Å². The topological polar surface area (TPSA) is 77.8 Å². The van der Waals surface area contributed by atoms with E-state index < -0.39 is 0 Å². The summed E-state index contributed by atoms with van der Waals surface area (Å²) in [5.74, 6) is 0.883. The lowest BCUT2D eigenvalue weighted by molar-refractivity contribution is 0.415. The minimum absolute atomic E-state index is 0.125. The third kappa shape index (κ3) is 2.80. The zero-order chi connectivity index (χ0) is 17.6. The Labute approximate surface area is 156 Å². The lowest BCUT2D eigenvalue weighted by atomic mass is 10.3. The fourth-order valence-electron chi connectivity index (χ4n) is 2.45. The van der Waals surface area contributed by atoms with Crippen molar-refractivity contribution < 1.29 is 4.74 Å². The average molecular weight is 392 g/mol. The molecule has 0 fully saturated rings. The summed E-state index contributed by atoms with van der Waals surface area (Å²) in [5, 5.41) is 0.860. The van der Waals surface area contributed by atoms with Gasteiger partial charge in [0.25, 0.3) is 0 Å². The molecule has 0 unspecified atom stereocenters. The molecule has 25 heavy (non-hydrogen) atoms. The van der Waals surface area contributed by atoms with Gasteiger partial charge in [-0.25, -0.2) is 4.99 Å². The Morgan fingerprint density at radius 2 is 1.92 bits per heavy atom. The second-order valence-electron chi connectivity index (χ2n) is 5.12. The lowest BCUT2D eigenvalue weighted by Gasteiger charge is -2.03. The number of nitrogen functional groups attached to an aromatic ring is 1. The monoisotopic (exact) mass is 391 g/mol. The number of rotatable bonds is 2. The van der Waals surface area contributed by atoms with Crippen molar-refractivity contribution in [3.05, 3.63) is 52.1 Å². The van der Waals surface area contributed by atoms with Gasteiger partial charge in [-0.1, -0.05) is 40.6 Å². The SMILES string of the molecule is COc1ccc2c(c1)sc1nc(N)n/c(=N\c3c(Cl)cccc3Cl)n12. The van der Waals surface area contributed by atoms with Gasteiger partial charge in [-0.3, -0.25) is 4.40 Å². The molecule has 0 saturated carbocycles. The summed E-state index contributed by atoms with van der Waals surface area (Å²) in [5.41, 5.74) is 7.54. The third-order valence-corrected chi connectivity index (χ3v) is 5.19. The molecule has 4 aromatic rings. The van der Waals surface area contributed by atoms with Gasteiger partial charge in [-0.2, -0.15) is 9.97 Å². The van der Waals surface area contributed by atoms with Gasteiger partial charge in [0.2, 0.25) is 16.5 Å². The van der Waals surface area contributed by atoms with Crippen LogP contribution in [0.4, 0.5) is 11.6 Å². The molecule has 0 bridgehead atoms. The number of hydrogen-bond donors (Lipinski definition) is 1. The Hall–Kier alpha value is -2.35. The van der Waals surface area contributed by atoms with Crippen LogP contribution in [0, 0.1) is 0 Å². The van der Waals surface area contributed by atoms with Crippen LogP contribution in [0.2, 0.25) is 10.0 Å². The molecule has 2 heterocycles. The Balaban J connectivity index is 2.11. The highest BCUT2D eigenvalue weighted by atomic mass is 35.5. The normalized spacial score (nSPS) is 12.2. The van der Waals surface area contributed by atoms with Crippen molar-refractivity contribution in [2.75, 3.05) is 12.8 Å². The van der Waals surface area contributed by atoms with E-state index in [0.717, 1.165) is 16.0 Å². The zero-order valence-electron chi connectivity index (χ0n) is 12.9. The van der Waals surface area contributed by atoms with E-state index in [4.69, 9.17) is 33.7 Å². The molecule has 0 aliphatic heterocycles. The van der Waals surface area contributed by atoms with Gasteiger partial charge in [0.1, 0.15) is 11.4 Å². The highest BCUT2D eigenvalue weighted by Gasteiger charge is 2.11. The molecule has 9 heteroatoms. The van der Waals surface area contributed by atoms with Crippen LogP contribution >= 0.6 is 34.5 Å². The highest BCUT2D eigenvalue weighted by Crippen LogP contribution is 2.32. The number of methoxy groups -OCH3 is 1. The van der Waals surface area contributed by atoms with Gasteiger partial charge in [0, 0.05) is 0 Å². The Morgan fingerprint density at radius 3 is 2.64 bits per heavy atom. The number of nitrogens with two attached hydrogens (primary N) is 1. The molecule has 0 atom stereocenters. The molecule has 0 amide bonds. The minimum atomic E-state index is 0.125. The smallest absolute Gasteiger partial charge is 0.240 e. The van der Waals surface area contributed by atoms with E-state index in [-0.39, 0.29) is 5.95 Å². The maximum Gasteiger partial charge on any atom is 0.240 e. The number of para-hydroxylation sites is 1. The van der Waals surface area contributed by atoms with Crippen molar-refractivity contribution >= 4 is 61.4 Å². The van der Waals surface area contributed by atoms with Gasteiger partial charge >= 0.3 is 0 Å². The molecule has 2 N–H and O–H groups in total. The van der Waals surface area contributed by atoms with Crippen molar-refractivity contribution in [3.63, 3.8) is 0 Å². The van der Waals surface area contributed by atoms with Gasteiger partial charge in [-0.15, -0.1) is 0 Å². The summed E-state index contributed by atoms with van der Waals surface area (Å²) < 4.78 is 8.07. The molecular weight excluding hydrogens is 381 g/mol. The number of fused-ring (bicyclic) bond motifs is 3. The highest BCUT2D eigenvalue weighted by molar-refractivity contribution is 7.23. The van der Waals surface area contributed by atoms with Gasteiger partial charge < -0.3 is 10.5 Å². The molecule has 6 nitrogen and oxygen atoms in total. The summed E-state index contributed by atoms with van der Waals surface area (Å²) >= 11 is 13.9. The first-order valence-electron chi connectivity index (χ1n) is 7.18. The Bertz CT molecular complexity index is 1160. The van der Waals surface area contributed by atoms with Crippen LogP contribution < -0.4 is 16.1 Å². The number of thiazole rings is 1. The first kappa shape index (κ1) is 16.1. The van der Waals surface area contributed by atoms with Gasteiger partial charge in [0.15, 0.2) is 0 Å². The number of aromatic nitrogens is 3. The van der Waals surface area contributed by atoms with E-state index in [1.165, 1.54) is 11.3 Å². The predicted molar refractivity (Wildman–Crippen MR) is 101 cm³/mol. The molecule has 0 radical (unpaired) electrons. The van der Waals surface area contributed by atoms with Gasteiger partial charge in [0.05, 0.1) is 27.4 Å². The number of benzene rings is 2. The van der Waals surface area contributed by atoms with Crippen LogP contribution in [-0.2, 0) is 0 Å². The van der Waals surface area contributed by atoms with Crippen LogP contribution in [0.3, 0.4) is 0 Å². The number of hydrogen-bond acceptors (Lipinski definition) is 6. The van der Waals surface area contributed by atoms with Gasteiger partial charge in [-0.05, 0) is 30.3 Å². The standard InChI is InChI=1S/C16H11Cl2N5OS/c1-24-8-5-6-11-12(7-8)25-16-22-14(19)21-15(23(11)16)20-13-9(17)3-2-4-10(13)18/h2-7H,1H3,(H2,19,20,21). The summed E-state index contributed by atoms with van der Waals surface area (Å²) in [4.78, 5) is 13.8. The van der Waals surface area contributed by atoms with Crippen molar-refractivity contribution in [2.45, 2.75) is 0 Å². The van der Waals surface area contributed by atoms with Crippen LogP contribution in [0.5, 0.6) is 5.75 Å². The fourth-order valence-corrected chi connectivity index (χ4v) is 3.98. The Kier molecular flexibility index (Phi) is 3.99. The van der Waals surface area contributed by atoms with Crippen LogP contribution in [-0.4, -0.2) is 21.5 Å². The van der Waals surface area contributed by atoms with Crippen molar-refractivity contribution in [2.24, 2.45) is 4.99 Å². The lowest BCUT2D eigenvalue weighted by Crippen LogP contribution is -2.20. The number of ether oxygens (including phenoxy) is 1. The van der Waals surface area contributed by atoms with Crippen LogP contribution in [0.1, 0.15) is 0 Å². The zero-order valence-corrected chi connectivity index (χ0v) is 15.2. The summed E-state index contributed by atoms with van der Waals surface area (Å²) in [6.45, 7) is 0. The molecule has 2 aromatic heterocycles. The number of anilines is 1. The molecule has 4 rings (SSSR count). The minimum Gasteiger partial charge on any atom is -0.497 e. The predicted octanol–water partition coefficient (Wildman–Crippen LogP) is 4.07. The summed E-state index contributed by atoms with van der Waals surface area (Å²) in [6.07, 6.45) is 0. The van der Waals surface area contributed by atoms with E-state index >= 15 is 0 Å². The number of halogens is 2. The van der Waals surface area contributed by atoms with E-state index in [1.54, 1.807) is 25.3 Å². The average Bonchev–Trinajstić information content (AvgIpc) is 2.95. The summed E-state index contributed by atoms with van der Waals surface area (Å²) in [7, 11) is 1.62. The summed E-state index contributed by atoms with van der Waals surface area (Å²) in [6, 6.07) is 10.9. The maximum absolute atomic E-state index is 6.23. The second kappa shape index (κ2) is 6.18. The molecule has 0 aliphatic rings. The Morgan fingerprint density at radius 1 is 1.16 bits per heavy atom. The van der Waals surface area contributed by atoms with E-state index in [2.05, 4.69) is 15.0 Å².